The van der Waals surface area contributed by atoms with E-state index in [2.05, 4.69) is 19.9 Å². The van der Waals surface area contributed by atoms with Crippen LogP contribution >= 0.6 is 11.6 Å². The van der Waals surface area contributed by atoms with Gasteiger partial charge in [-0.1, -0.05) is 11.6 Å². The number of alkyl halides is 3. The van der Waals surface area contributed by atoms with E-state index >= 15 is 0 Å². The van der Waals surface area contributed by atoms with Crippen LogP contribution < -0.4 is 14.4 Å². The molecule has 7 nitrogen and oxygen atoms in total. The fourth-order valence-electron chi connectivity index (χ4n) is 5.16. The van der Waals surface area contributed by atoms with Crippen LogP contribution in [-0.2, 0) is 0 Å². The summed E-state index contributed by atoms with van der Waals surface area (Å²) in [6, 6.07) is -0.471. The minimum absolute atomic E-state index is 0.0291. The van der Waals surface area contributed by atoms with Crippen molar-refractivity contribution in [1.82, 2.24) is 19.9 Å². The molecule has 5 heterocycles. The van der Waals surface area contributed by atoms with Gasteiger partial charge in [0.1, 0.15) is 36.1 Å². The quantitative estimate of drug-likeness (QED) is 0.448. The van der Waals surface area contributed by atoms with E-state index in [4.69, 9.17) is 21.1 Å². The van der Waals surface area contributed by atoms with Crippen molar-refractivity contribution in [2.24, 2.45) is 0 Å². The summed E-state index contributed by atoms with van der Waals surface area (Å²) in [6.45, 7) is 3.19. The molecule has 0 unspecified atom stereocenters. The molecule has 2 aromatic rings. The minimum atomic E-state index is -2.52. The van der Waals surface area contributed by atoms with Crippen molar-refractivity contribution >= 4 is 28.3 Å². The predicted molar refractivity (Wildman–Crippen MR) is 114 cm³/mol. The lowest BCUT2D eigenvalue weighted by molar-refractivity contribution is 0.107. The molecule has 0 amide bonds. The predicted octanol–water partition coefficient (Wildman–Crippen LogP) is 4.02. The summed E-state index contributed by atoms with van der Waals surface area (Å²) in [4.78, 5) is 16.4. The number of anilines is 1. The highest BCUT2D eigenvalue weighted by Gasteiger charge is 2.49. The maximum Gasteiger partial charge on any atom is 0.319 e. The molecule has 3 aliphatic rings. The summed E-state index contributed by atoms with van der Waals surface area (Å²) in [7, 11) is 0. The van der Waals surface area contributed by atoms with Gasteiger partial charge in [-0.15, -0.1) is 0 Å². The Morgan fingerprint density at radius 1 is 1.30 bits per heavy atom. The van der Waals surface area contributed by atoms with E-state index in [1.807, 2.05) is 0 Å². The molecule has 5 rings (SSSR count). The van der Waals surface area contributed by atoms with Crippen LogP contribution in [0.3, 0.4) is 0 Å². The van der Waals surface area contributed by atoms with Gasteiger partial charge in [-0.25, -0.2) is 17.6 Å². The van der Waals surface area contributed by atoms with E-state index in [0.29, 0.717) is 13.0 Å². The van der Waals surface area contributed by atoms with Crippen LogP contribution in [-0.4, -0.2) is 76.9 Å². The lowest BCUT2D eigenvalue weighted by Gasteiger charge is -2.31. The second-order valence-corrected chi connectivity index (χ2v) is 9.33. The normalized spacial score (nSPS) is 27.2. The second kappa shape index (κ2) is 8.57. The number of aromatic nitrogens is 3. The van der Waals surface area contributed by atoms with Gasteiger partial charge in [0.05, 0.1) is 11.6 Å². The highest BCUT2D eigenvalue weighted by molar-refractivity contribution is 6.30. The van der Waals surface area contributed by atoms with Crippen LogP contribution in [0.5, 0.6) is 11.9 Å². The fourth-order valence-corrected chi connectivity index (χ4v) is 5.33. The molecule has 0 aliphatic carbocycles. The molecule has 0 saturated carbocycles. The van der Waals surface area contributed by atoms with Crippen LogP contribution in [0.15, 0.2) is 0 Å². The first kappa shape index (κ1) is 22.6. The van der Waals surface area contributed by atoms with Gasteiger partial charge in [0.25, 0.3) is 0 Å². The highest BCUT2D eigenvalue weighted by Crippen LogP contribution is 2.42. The molecule has 2 saturated heterocycles. The van der Waals surface area contributed by atoms with Crippen LogP contribution in [0.1, 0.15) is 32.6 Å². The number of ether oxygens (including phenoxy) is 2. The Morgan fingerprint density at radius 3 is 2.91 bits per heavy atom. The lowest BCUT2D eigenvalue weighted by Crippen LogP contribution is -2.43. The van der Waals surface area contributed by atoms with Crippen LogP contribution in [0.4, 0.5) is 23.4 Å². The number of hydrogen-bond acceptors (Lipinski definition) is 7. The molecule has 0 aromatic carbocycles. The SMILES string of the molecule is C[C@H]1COc2nc(Cl)c(F)c3nc(OC[C@@]45CCCN4C[C@H](F)C5)nc(c23)N1CCC(F)F. The maximum atomic E-state index is 15.0. The van der Waals surface area contributed by atoms with Crippen LogP contribution in [0.2, 0.25) is 5.15 Å². The number of halogens is 5. The Morgan fingerprint density at radius 2 is 2.12 bits per heavy atom. The van der Waals surface area contributed by atoms with E-state index < -0.39 is 35.5 Å². The molecule has 0 spiro atoms. The largest absolute Gasteiger partial charge is 0.475 e. The number of pyridine rings is 1. The third-order valence-corrected chi connectivity index (χ3v) is 7.01. The van der Waals surface area contributed by atoms with Crippen molar-refractivity contribution in [3.05, 3.63) is 11.0 Å². The smallest absolute Gasteiger partial charge is 0.319 e. The van der Waals surface area contributed by atoms with Gasteiger partial charge in [-0.3, -0.25) is 4.90 Å². The maximum absolute atomic E-state index is 15.0. The Hall–Kier alpha value is -2.14. The fraction of sp³-hybridized carbons (Fsp3) is 0.667. The molecule has 180 valence electrons. The van der Waals surface area contributed by atoms with E-state index in [9.17, 15) is 17.6 Å². The molecule has 2 fully saturated rings. The van der Waals surface area contributed by atoms with E-state index in [1.165, 1.54) is 0 Å². The molecular weight excluding hydrogens is 466 g/mol. The topological polar surface area (TPSA) is 63.6 Å². The van der Waals surface area contributed by atoms with Gasteiger partial charge in [0.15, 0.2) is 11.0 Å². The molecule has 2 aromatic heterocycles. The standard InChI is InChI=1S/C21H24ClF4N5O2/c1-11-9-32-19-14-16(15(26)17(22)28-19)27-20(29-18(14)31(11)6-3-13(24)25)33-10-21-4-2-5-30(21)8-12(23)7-21/h11-13H,2-10H2,1H3/t11-,12+,21-/m0/s1. The molecule has 0 N–H and O–H groups in total. The van der Waals surface area contributed by atoms with Gasteiger partial charge in [-0.05, 0) is 26.3 Å². The summed E-state index contributed by atoms with van der Waals surface area (Å²) < 4.78 is 66.7. The van der Waals surface area contributed by atoms with Crippen LogP contribution in [0.25, 0.3) is 10.9 Å². The molecule has 3 atom stereocenters. The van der Waals surface area contributed by atoms with Crippen molar-refractivity contribution < 1.29 is 27.0 Å². The Bertz CT molecular complexity index is 1060. The Balaban J connectivity index is 1.55. The third kappa shape index (κ3) is 4.03. The van der Waals surface area contributed by atoms with E-state index in [-0.39, 0.29) is 54.4 Å². The van der Waals surface area contributed by atoms with Crippen LogP contribution in [0, 0.1) is 5.82 Å². The number of hydrogen-bond donors (Lipinski definition) is 0. The first-order valence-electron chi connectivity index (χ1n) is 11.0. The molecule has 33 heavy (non-hydrogen) atoms. The van der Waals surface area contributed by atoms with Gasteiger partial charge in [0.2, 0.25) is 12.3 Å². The average Bonchev–Trinajstić information content (AvgIpc) is 3.25. The van der Waals surface area contributed by atoms with E-state index in [0.717, 1.165) is 19.4 Å². The molecule has 0 radical (unpaired) electrons. The van der Waals surface area contributed by atoms with Crippen molar-refractivity contribution in [2.45, 2.75) is 56.8 Å². The zero-order chi connectivity index (χ0) is 23.3. The first-order valence-corrected chi connectivity index (χ1v) is 11.4. The number of rotatable bonds is 6. The van der Waals surface area contributed by atoms with Crippen molar-refractivity contribution in [1.29, 1.82) is 0 Å². The number of fused-ring (bicyclic) bond motifs is 1. The van der Waals surface area contributed by atoms with Crippen molar-refractivity contribution in [3.8, 4) is 11.9 Å². The molecule has 3 aliphatic heterocycles. The molecule has 0 bridgehead atoms. The molecule has 12 heteroatoms. The van der Waals surface area contributed by atoms with Crippen molar-refractivity contribution in [3.63, 3.8) is 0 Å². The van der Waals surface area contributed by atoms with Gasteiger partial charge < -0.3 is 14.4 Å². The lowest BCUT2D eigenvalue weighted by atomic mass is 9.95. The number of nitrogens with zero attached hydrogens (tertiary/aromatic N) is 5. The first-order chi connectivity index (χ1) is 15.8. The average molecular weight is 490 g/mol. The zero-order valence-electron chi connectivity index (χ0n) is 18.0. The third-order valence-electron chi connectivity index (χ3n) is 6.76. The van der Waals surface area contributed by atoms with Crippen molar-refractivity contribution in [2.75, 3.05) is 37.7 Å². The van der Waals surface area contributed by atoms with E-state index in [1.54, 1.807) is 11.8 Å². The molecular formula is C21H24ClF4N5O2. The van der Waals surface area contributed by atoms with Gasteiger partial charge in [0, 0.05) is 25.9 Å². The van der Waals surface area contributed by atoms with Gasteiger partial charge in [-0.2, -0.15) is 15.0 Å². The summed E-state index contributed by atoms with van der Waals surface area (Å²) >= 11 is 5.97. The summed E-state index contributed by atoms with van der Waals surface area (Å²) in [5, 5.41) is -0.258. The van der Waals surface area contributed by atoms with Gasteiger partial charge >= 0.3 is 6.01 Å². The summed E-state index contributed by atoms with van der Waals surface area (Å²) in [6.07, 6.45) is -1.77. The highest BCUT2D eigenvalue weighted by atomic mass is 35.5. The Kier molecular flexibility index (Phi) is 5.88. The second-order valence-electron chi connectivity index (χ2n) is 8.97. The Labute approximate surface area is 193 Å². The zero-order valence-corrected chi connectivity index (χ0v) is 18.8. The minimum Gasteiger partial charge on any atom is -0.475 e. The summed E-state index contributed by atoms with van der Waals surface area (Å²) in [5.41, 5.74) is -0.603. The summed E-state index contributed by atoms with van der Waals surface area (Å²) in [5.74, 6) is -0.628. The monoisotopic (exact) mass is 489 g/mol.